The molecule has 2 amide bonds. The van der Waals surface area contributed by atoms with Crippen molar-refractivity contribution in [1.29, 1.82) is 0 Å². The van der Waals surface area contributed by atoms with E-state index in [0.29, 0.717) is 25.3 Å². The van der Waals surface area contributed by atoms with Gasteiger partial charge in [0.1, 0.15) is 0 Å². The summed E-state index contributed by atoms with van der Waals surface area (Å²) >= 11 is 0. The summed E-state index contributed by atoms with van der Waals surface area (Å²) in [6.45, 7) is 2.05. The van der Waals surface area contributed by atoms with Crippen molar-refractivity contribution in [2.45, 2.75) is 32.6 Å². The van der Waals surface area contributed by atoms with Gasteiger partial charge in [0, 0.05) is 20.5 Å². The van der Waals surface area contributed by atoms with E-state index in [9.17, 15) is 14.4 Å². The van der Waals surface area contributed by atoms with Gasteiger partial charge in [-0.05, 0) is 31.6 Å². The highest BCUT2D eigenvalue weighted by atomic mass is 16.4. The molecule has 0 aromatic heterocycles. The summed E-state index contributed by atoms with van der Waals surface area (Å²) in [7, 11) is 1.58. The van der Waals surface area contributed by atoms with E-state index in [2.05, 4.69) is 5.32 Å². The van der Waals surface area contributed by atoms with Crippen LogP contribution in [0.1, 0.15) is 32.6 Å². The number of hydrogen-bond acceptors (Lipinski definition) is 3. The molecular weight excluding hydrogens is 248 g/mol. The summed E-state index contributed by atoms with van der Waals surface area (Å²) in [6.07, 6.45) is 3.03. The fourth-order valence-electron chi connectivity index (χ4n) is 2.25. The summed E-state index contributed by atoms with van der Waals surface area (Å²) in [5.41, 5.74) is 0. The zero-order valence-electron chi connectivity index (χ0n) is 11.5. The highest BCUT2D eigenvalue weighted by molar-refractivity contribution is 5.83. The third-order valence-electron chi connectivity index (χ3n) is 3.70. The lowest BCUT2D eigenvalue weighted by molar-refractivity contribution is -0.143. The predicted octanol–water partition coefficient (Wildman–Crippen LogP) is 0.472. The van der Waals surface area contributed by atoms with E-state index in [4.69, 9.17) is 5.11 Å². The van der Waals surface area contributed by atoms with Gasteiger partial charge in [-0.3, -0.25) is 14.4 Å². The van der Waals surface area contributed by atoms with E-state index in [-0.39, 0.29) is 24.3 Å². The van der Waals surface area contributed by atoms with Gasteiger partial charge < -0.3 is 15.3 Å². The second-order valence-corrected chi connectivity index (χ2v) is 5.24. The lowest BCUT2D eigenvalue weighted by atomic mass is 9.82. The molecule has 0 spiro atoms. The normalized spacial score (nSPS) is 22.6. The van der Waals surface area contributed by atoms with Crippen LogP contribution in [0.4, 0.5) is 0 Å². The number of aliphatic carboxylic acids is 1. The van der Waals surface area contributed by atoms with Crippen LogP contribution in [0.25, 0.3) is 0 Å². The maximum absolute atomic E-state index is 11.6. The molecule has 6 heteroatoms. The molecule has 1 fully saturated rings. The maximum atomic E-state index is 11.6. The van der Waals surface area contributed by atoms with Gasteiger partial charge in [-0.25, -0.2) is 0 Å². The van der Waals surface area contributed by atoms with E-state index in [0.717, 1.165) is 12.8 Å². The van der Waals surface area contributed by atoms with Crippen LogP contribution in [0.3, 0.4) is 0 Å². The number of nitrogens with zero attached hydrogens (tertiary/aromatic N) is 1. The minimum atomic E-state index is -0.717. The van der Waals surface area contributed by atoms with Crippen LogP contribution < -0.4 is 5.32 Å². The van der Waals surface area contributed by atoms with Crippen LogP contribution in [-0.4, -0.2) is 47.9 Å². The Morgan fingerprint density at radius 1 is 1.21 bits per heavy atom. The first kappa shape index (κ1) is 15.5. The summed E-state index contributed by atoms with van der Waals surface area (Å²) in [6, 6.07) is 0. The topological polar surface area (TPSA) is 86.7 Å². The van der Waals surface area contributed by atoms with Crippen LogP contribution >= 0.6 is 0 Å². The Morgan fingerprint density at radius 3 is 2.26 bits per heavy atom. The monoisotopic (exact) mass is 270 g/mol. The summed E-state index contributed by atoms with van der Waals surface area (Å²) < 4.78 is 0. The molecule has 0 atom stereocenters. The predicted molar refractivity (Wildman–Crippen MR) is 69.4 cm³/mol. The quantitative estimate of drug-likeness (QED) is 0.760. The Balaban J connectivity index is 2.22. The molecule has 0 unspecified atom stereocenters. The molecule has 1 aliphatic carbocycles. The molecule has 0 aromatic carbocycles. The van der Waals surface area contributed by atoms with Gasteiger partial charge in [0.2, 0.25) is 11.8 Å². The molecule has 0 radical (unpaired) electrons. The van der Waals surface area contributed by atoms with Gasteiger partial charge in [-0.2, -0.15) is 0 Å². The summed E-state index contributed by atoms with van der Waals surface area (Å²) in [5, 5.41) is 11.7. The third-order valence-corrected chi connectivity index (χ3v) is 3.70. The van der Waals surface area contributed by atoms with Crippen molar-refractivity contribution in [2.75, 3.05) is 20.1 Å². The molecule has 1 aliphatic rings. The average Bonchev–Trinajstić information content (AvgIpc) is 2.36. The Hall–Kier alpha value is -1.59. The molecule has 0 heterocycles. The number of nitrogens with one attached hydrogen (secondary N) is 1. The number of carbonyl (C=O) groups is 3. The van der Waals surface area contributed by atoms with Crippen LogP contribution in [0.5, 0.6) is 0 Å². The first-order chi connectivity index (χ1) is 8.90. The zero-order chi connectivity index (χ0) is 14.4. The summed E-state index contributed by atoms with van der Waals surface area (Å²) in [5.74, 6) is -0.904. The smallest absolute Gasteiger partial charge is 0.306 e. The van der Waals surface area contributed by atoms with Gasteiger partial charge >= 0.3 is 5.97 Å². The minimum Gasteiger partial charge on any atom is -0.481 e. The number of amides is 2. The molecule has 0 saturated heterocycles. The van der Waals surface area contributed by atoms with Gasteiger partial charge in [-0.15, -0.1) is 0 Å². The van der Waals surface area contributed by atoms with Crippen molar-refractivity contribution in [2.24, 2.45) is 11.8 Å². The molecule has 1 rings (SSSR count). The lowest BCUT2D eigenvalue weighted by Gasteiger charge is -2.26. The second-order valence-electron chi connectivity index (χ2n) is 5.24. The molecule has 0 bridgehead atoms. The SMILES string of the molecule is CC(=O)N(C)CC(=O)NCC1CCC(C(=O)O)CC1. The fourth-order valence-corrected chi connectivity index (χ4v) is 2.25. The van der Waals surface area contributed by atoms with Crippen molar-refractivity contribution >= 4 is 17.8 Å². The Labute approximate surface area is 113 Å². The van der Waals surface area contributed by atoms with Gasteiger partial charge in [0.15, 0.2) is 0 Å². The van der Waals surface area contributed by atoms with Crippen molar-refractivity contribution in [1.82, 2.24) is 10.2 Å². The fraction of sp³-hybridized carbons (Fsp3) is 0.769. The second kappa shape index (κ2) is 7.11. The Kier molecular flexibility index (Phi) is 5.79. The lowest BCUT2D eigenvalue weighted by Crippen LogP contribution is -2.39. The van der Waals surface area contributed by atoms with Gasteiger partial charge in [0.05, 0.1) is 12.5 Å². The molecule has 2 N–H and O–H groups in total. The first-order valence-electron chi connectivity index (χ1n) is 6.61. The van der Waals surface area contributed by atoms with Crippen molar-refractivity contribution in [3.63, 3.8) is 0 Å². The van der Waals surface area contributed by atoms with Crippen molar-refractivity contribution in [3.8, 4) is 0 Å². The van der Waals surface area contributed by atoms with Crippen LogP contribution in [0.2, 0.25) is 0 Å². The minimum absolute atomic E-state index is 0.0693. The van der Waals surface area contributed by atoms with Gasteiger partial charge in [0.25, 0.3) is 0 Å². The van der Waals surface area contributed by atoms with E-state index < -0.39 is 5.97 Å². The van der Waals surface area contributed by atoms with Crippen molar-refractivity contribution in [3.05, 3.63) is 0 Å². The molecular formula is C13H22N2O4. The number of carboxylic acid groups (broad SMARTS) is 1. The molecule has 1 saturated carbocycles. The van der Waals surface area contributed by atoms with E-state index >= 15 is 0 Å². The number of rotatable bonds is 5. The third kappa shape index (κ3) is 5.28. The first-order valence-corrected chi connectivity index (χ1v) is 6.61. The number of hydrogen-bond donors (Lipinski definition) is 2. The zero-order valence-corrected chi connectivity index (χ0v) is 11.5. The van der Waals surface area contributed by atoms with E-state index in [1.54, 1.807) is 7.05 Å². The molecule has 0 aliphatic heterocycles. The van der Waals surface area contributed by atoms with Crippen LogP contribution in [0, 0.1) is 11.8 Å². The molecule has 108 valence electrons. The van der Waals surface area contributed by atoms with Gasteiger partial charge in [-0.1, -0.05) is 0 Å². The highest BCUT2D eigenvalue weighted by Crippen LogP contribution is 2.28. The average molecular weight is 270 g/mol. The Bertz CT molecular complexity index is 349. The molecule has 19 heavy (non-hydrogen) atoms. The molecule has 6 nitrogen and oxygen atoms in total. The highest BCUT2D eigenvalue weighted by Gasteiger charge is 2.26. The largest absolute Gasteiger partial charge is 0.481 e. The number of carbonyl (C=O) groups excluding carboxylic acids is 2. The Morgan fingerprint density at radius 2 is 1.79 bits per heavy atom. The van der Waals surface area contributed by atoms with Crippen LogP contribution in [-0.2, 0) is 14.4 Å². The number of carboxylic acids is 1. The standard InChI is InChI=1S/C13H22N2O4/c1-9(16)15(2)8-12(17)14-7-10-3-5-11(6-4-10)13(18)19/h10-11H,3-8H2,1-2H3,(H,14,17)(H,18,19). The molecule has 0 aromatic rings. The van der Waals surface area contributed by atoms with E-state index in [1.807, 2.05) is 0 Å². The van der Waals surface area contributed by atoms with Crippen LogP contribution in [0.15, 0.2) is 0 Å². The summed E-state index contributed by atoms with van der Waals surface area (Å²) in [4.78, 5) is 34.7. The van der Waals surface area contributed by atoms with Crippen molar-refractivity contribution < 1.29 is 19.5 Å². The maximum Gasteiger partial charge on any atom is 0.306 e. The number of likely N-dealkylation sites (N-methyl/N-ethyl adjacent to an activating group) is 1. The van der Waals surface area contributed by atoms with E-state index in [1.165, 1.54) is 11.8 Å².